The summed E-state index contributed by atoms with van der Waals surface area (Å²) in [4.78, 5) is 0. The zero-order valence-corrected chi connectivity index (χ0v) is 9.10. The van der Waals surface area contributed by atoms with Crippen LogP contribution >= 0.6 is 0 Å². The standard InChI is InChI=1S/C12H23N/c1-4-12(3)9-7-5-6-8-11(13)10(12)2/h11H,2,4-9,13H2,1,3H3. The first-order valence-electron chi connectivity index (χ1n) is 5.55. The summed E-state index contributed by atoms with van der Waals surface area (Å²) in [6.45, 7) is 8.77. The van der Waals surface area contributed by atoms with Gasteiger partial charge < -0.3 is 5.73 Å². The highest BCUT2D eigenvalue weighted by Gasteiger charge is 2.29. The van der Waals surface area contributed by atoms with Crippen LogP contribution in [0.4, 0.5) is 0 Å². The van der Waals surface area contributed by atoms with Crippen LogP contribution in [0.5, 0.6) is 0 Å². The minimum atomic E-state index is 0.241. The lowest BCUT2D eigenvalue weighted by Crippen LogP contribution is -2.33. The van der Waals surface area contributed by atoms with Crippen molar-refractivity contribution in [3.05, 3.63) is 12.2 Å². The molecule has 2 unspecified atom stereocenters. The largest absolute Gasteiger partial charge is 0.324 e. The molecule has 1 aliphatic carbocycles. The zero-order chi connectivity index (χ0) is 9.90. The Hall–Kier alpha value is -0.300. The van der Waals surface area contributed by atoms with Crippen LogP contribution < -0.4 is 5.73 Å². The van der Waals surface area contributed by atoms with Gasteiger partial charge >= 0.3 is 0 Å². The molecule has 1 rings (SSSR count). The minimum absolute atomic E-state index is 0.241. The van der Waals surface area contributed by atoms with E-state index in [0.29, 0.717) is 5.41 Å². The highest BCUT2D eigenvalue weighted by Crippen LogP contribution is 2.39. The molecule has 0 amide bonds. The summed E-state index contributed by atoms with van der Waals surface area (Å²) in [5, 5.41) is 0. The van der Waals surface area contributed by atoms with Crippen LogP contribution in [0.25, 0.3) is 0 Å². The van der Waals surface area contributed by atoms with E-state index in [1.54, 1.807) is 0 Å². The van der Waals surface area contributed by atoms with E-state index in [4.69, 9.17) is 5.73 Å². The van der Waals surface area contributed by atoms with Crippen LogP contribution in [0.2, 0.25) is 0 Å². The van der Waals surface area contributed by atoms with E-state index in [1.807, 2.05) is 0 Å². The highest BCUT2D eigenvalue weighted by atomic mass is 14.6. The Labute approximate surface area is 82.4 Å². The van der Waals surface area contributed by atoms with Gasteiger partial charge in [0.2, 0.25) is 0 Å². The summed E-state index contributed by atoms with van der Waals surface area (Å²) in [5.41, 5.74) is 7.69. The average molecular weight is 181 g/mol. The van der Waals surface area contributed by atoms with Crippen molar-refractivity contribution in [2.45, 2.75) is 58.4 Å². The van der Waals surface area contributed by atoms with Crippen LogP contribution in [0.15, 0.2) is 12.2 Å². The fourth-order valence-corrected chi connectivity index (χ4v) is 2.24. The Bertz CT molecular complexity index is 186. The third-order valence-corrected chi connectivity index (χ3v) is 3.75. The Balaban J connectivity index is 2.73. The van der Waals surface area contributed by atoms with Crippen molar-refractivity contribution in [3.8, 4) is 0 Å². The van der Waals surface area contributed by atoms with E-state index < -0.39 is 0 Å². The summed E-state index contributed by atoms with van der Waals surface area (Å²) in [6, 6.07) is 0.241. The molecule has 1 heteroatoms. The molecule has 76 valence electrons. The zero-order valence-electron chi connectivity index (χ0n) is 9.10. The second-order valence-electron chi connectivity index (χ2n) is 4.65. The first-order valence-corrected chi connectivity index (χ1v) is 5.55. The molecule has 13 heavy (non-hydrogen) atoms. The summed E-state index contributed by atoms with van der Waals surface area (Å²) in [7, 11) is 0. The lowest BCUT2D eigenvalue weighted by Gasteiger charge is -2.36. The van der Waals surface area contributed by atoms with Crippen molar-refractivity contribution in [3.63, 3.8) is 0 Å². The summed E-state index contributed by atoms with van der Waals surface area (Å²) < 4.78 is 0. The quantitative estimate of drug-likeness (QED) is 0.617. The van der Waals surface area contributed by atoms with Crippen molar-refractivity contribution in [1.82, 2.24) is 0 Å². The Morgan fingerprint density at radius 2 is 2.15 bits per heavy atom. The first-order chi connectivity index (χ1) is 6.10. The molecule has 1 nitrogen and oxygen atoms in total. The van der Waals surface area contributed by atoms with Crippen molar-refractivity contribution in [1.29, 1.82) is 0 Å². The smallest absolute Gasteiger partial charge is 0.0256 e. The number of nitrogens with two attached hydrogens (primary N) is 1. The van der Waals surface area contributed by atoms with Crippen molar-refractivity contribution >= 4 is 0 Å². The Kier molecular flexibility index (Phi) is 3.55. The van der Waals surface area contributed by atoms with E-state index in [1.165, 1.54) is 37.7 Å². The van der Waals surface area contributed by atoms with Gasteiger partial charge in [-0.2, -0.15) is 0 Å². The maximum atomic E-state index is 6.10. The van der Waals surface area contributed by atoms with E-state index >= 15 is 0 Å². The predicted molar refractivity (Wildman–Crippen MR) is 58.6 cm³/mol. The van der Waals surface area contributed by atoms with Crippen molar-refractivity contribution in [2.75, 3.05) is 0 Å². The fourth-order valence-electron chi connectivity index (χ4n) is 2.24. The van der Waals surface area contributed by atoms with Gasteiger partial charge in [0.05, 0.1) is 0 Å². The third kappa shape index (κ3) is 2.34. The minimum Gasteiger partial charge on any atom is -0.324 e. The monoisotopic (exact) mass is 181 g/mol. The van der Waals surface area contributed by atoms with Crippen LogP contribution in [-0.4, -0.2) is 6.04 Å². The van der Waals surface area contributed by atoms with Crippen LogP contribution in [0, 0.1) is 5.41 Å². The third-order valence-electron chi connectivity index (χ3n) is 3.75. The molecule has 0 aromatic carbocycles. The first kappa shape index (κ1) is 10.8. The Morgan fingerprint density at radius 3 is 2.77 bits per heavy atom. The molecule has 1 saturated carbocycles. The van der Waals surface area contributed by atoms with Gasteiger partial charge in [0, 0.05) is 6.04 Å². The van der Waals surface area contributed by atoms with E-state index in [2.05, 4.69) is 20.4 Å². The molecule has 2 atom stereocenters. The second-order valence-corrected chi connectivity index (χ2v) is 4.65. The van der Waals surface area contributed by atoms with E-state index in [9.17, 15) is 0 Å². The molecule has 0 saturated heterocycles. The van der Waals surface area contributed by atoms with Crippen LogP contribution in [0.3, 0.4) is 0 Å². The van der Waals surface area contributed by atoms with Gasteiger partial charge in [-0.05, 0) is 24.7 Å². The topological polar surface area (TPSA) is 26.0 Å². The molecular weight excluding hydrogens is 158 g/mol. The molecule has 0 heterocycles. The molecule has 0 spiro atoms. The van der Waals surface area contributed by atoms with Gasteiger partial charge in [0.25, 0.3) is 0 Å². The average Bonchev–Trinajstić information content (AvgIpc) is 2.14. The fraction of sp³-hybridized carbons (Fsp3) is 0.833. The summed E-state index contributed by atoms with van der Waals surface area (Å²) in [6.07, 6.45) is 7.55. The number of hydrogen-bond donors (Lipinski definition) is 1. The molecule has 1 fully saturated rings. The summed E-state index contributed by atoms with van der Waals surface area (Å²) in [5.74, 6) is 0. The summed E-state index contributed by atoms with van der Waals surface area (Å²) >= 11 is 0. The maximum Gasteiger partial charge on any atom is 0.0256 e. The normalized spacial score (nSPS) is 36.8. The van der Waals surface area contributed by atoms with Gasteiger partial charge in [-0.15, -0.1) is 0 Å². The number of rotatable bonds is 1. The molecule has 0 aromatic rings. The Morgan fingerprint density at radius 1 is 1.46 bits per heavy atom. The van der Waals surface area contributed by atoms with Gasteiger partial charge in [-0.1, -0.05) is 45.3 Å². The molecule has 1 aliphatic rings. The maximum absolute atomic E-state index is 6.10. The van der Waals surface area contributed by atoms with Gasteiger partial charge in [0.1, 0.15) is 0 Å². The lowest BCUT2D eigenvalue weighted by atomic mass is 9.71. The number of hydrogen-bond acceptors (Lipinski definition) is 1. The molecule has 2 N–H and O–H groups in total. The second kappa shape index (κ2) is 4.28. The molecule has 0 aliphatic heterocycles. The van der Waals surface area contributed by atoms with Gasteiger partial charge in [-0.3, -0.25) is 0 Å². The molecular formula is C12H23N. The SMILES string of the molecule is C=C1C(N)CCCCCC1(C)CC. The molecule has 0 aromatic heterocycles. The molecule has 0 bridgehead atoms. The lowest BCUT2D eigenvalue weighted by molar-refractivity contribution is 0.297. The van der Waals surface area contributed by atoms with Gasteiger partial charge in [-0.25, -0.2) is 0 Å². The predicted octanol–water partition coefficient (Wildman–Crippen LogP) is 3.25. The van der Waals surface area contributed by atoms with Crippen molar-refractivity contribution in [2.24, 2.45) is 11.1 Å². The van der Waals surface area contributed by atoms with E-state index in [0.717, 1.165) is 6.42 Å². The van der Waals surface area contributed by atoms with Crippen molar-refractivity contribution < 1.29 is 0 Å². The molecule has 0 radical (unpaired) electrons. The van der Waals surface area contributed by atoms with E-state index in [-0.39, 0.29) is 6.04 Å². The van der Waals surface area contributed by atoms with Crippen LogP contribution in [-0.2, 0) is 0 Å². The van der Waals surface area contributed by atoms with Gasteiger partial charge in [0.15, 0.2) is 0 Å². The van der Waals surface area contributed by atoms with Crippen LogP contribution in [0.1, 0.15) is 52.4 Å². The highest BCUT2D eigenvalue weighted by molar-refractivity contribution is 5.15.